The number of hydrogen-bond acceptors (Lipinski definition) is 3. The molecule has 0 saturated carbocycles. The lowest BCUT2D eigenvalue weighted by Crippen LogP contribution is -2.42. The van der Waals surface area contributed by atoms with E-state index in [1.54, 1.807) is 0 Å². The van der Waals surface area contributed by atoms with E-state index in [1.165, 1.54) is 6.92 Å². The molecule has 1 fully saturated rings. The summed E-state index contributed by atoms with van der Waals surface area (Å²) in [6, 6.07) is 2.16. The molecule has 0 spiro atoms. The van der Waals surface area contributed by atoms with Gasteiger partial charge in [-0.15, -0.1) is 0 Å². The summed E-state index contributed by atoms with van der Waals surface area (Å²) in [4.78, 5) is 25.4. The highest BCUT2D eigenvalue weighted by Crippen LogP contribution is 2.31. The van der Waals surface area contributed by atoms with Gasteiger partial charge in [0.05, 0.1) is 19.3 Å². The first-order valence-electron chi connectivity index (χ1n) is 6.97. The molecular formula is C15H18F2N2O3. The average Bonchev–Trinajstić information content (AvgIpc) is 2.65. The molecule has 0 unspecified atom stereocenters. The van der Waals surface area contributed by atoms with E-state index in [0.717, 1.165) is 23.1 Å². The van der Waals surface area contributed by atoms with Crippen molar-refractivity contribution >= 4 is 11.9 Å². The maximum absolute atomic E-state index is 13.9. The van der Waals surface area contributed by atoms with Crippen molar-refractivity contribution in [1.82, 2.24) is 10.2 Å². The quantitative estimate of drug-likeness (QED) is 0.848. The van der Waals surface area contributed by atoms with Gasteiger partial charge in [-0.25, -0.2) is 13.6 Å². The van der Waals surface area contributed by atoms with Gasteiger partial charge in [0, 0.05) is 5.56 Å². The molecule has 1 heterocycles. The number of nitrogens with one attached hydrogen (secondary N) is 1. The molecule has 1 N–H and O–H groups in total. The van der Waals surface area contributed by atoms with Gasteiger partial charge < -0.3 is 10.1 Å². The first-order valence-corrected chi connectivity index (χ1v) is 6.97. The summed E-state index contributed by atoms with van der Waals surface area (Å²) in [7, 11) is 0. The summed E-state index contributed by atoms with van der Waals surface area (Å²) in [5.74, 6) is -2.06. The van der Waals surface area contributed by atoms with Crippen LogP contribution in [-0.2, 0) is 15.1 Å². The topological polar surface area (TPSA) is 58.6 Å². The molecule has 0 bridgehead atoms. The number of hydrogen-bond donors (Lipinski definition) is 1. The first-order chi connectivity index (χ1) is 10.3. The number of carbonyl (C=O) groups excluding carboxylic acids is 2. The number of halogens is 2. The average molecular weight is 312 g/mol. The van der Waals surface area contributed by atoms with Crippen LogP contribution in [0.5, 0.6) is 0 Å². The molecule has 1 aliphatic rings. The number of ether oxygens (including phenoxy) is 1. The molecule has 3 amide bonds. The molecule has 1 aromatic carbocycles. The molecule has 7 heteroatoms. The Kier molecular flexibility index (Phi) is 4.46. The lowest BCUT2D eigenvalue weighted by atomic mass is 9.91. The standard InChI is InChI=1S/C15H18F2N2O3/c1-9(2)22-7-6-19-13(20)15(3,18-14(19)21)11-8-10(16)4-5-12(11)17/h4-5,8-9H,6-7H2,1-3H3,(H,18,21)/t15-/m0/s1. The van der Waals surface area contributed by atoms with Crippen molar-refractivity contribution in [1.29, 1.82) is 0 Å². The number of imide groups is 1. The number of carbonyl (C=O) groups is 2. The highest BCUT2D eigenvalue weighted by atomic mass is 19.1. The van der Waals surface area contributed by atoms with Gasteiger partial charge in [-0.1, -0.05) is 0 Å². The number of urea groups is 1. The van der Waals surface area contributed by atoms with Crippen LogP contribution < -0.4 is 5.32 Å². The monoisotopic (exact) mass is 312 g/mol. The van der Waals surface area contributed by atoms with Crippen LogP contribution in [0.25, 0.3) is 0 Å². The number of benzene rings is 1. The summed E-state index contributed by atoms with van der Waals surface area (Å²) in [5.41, 5.74) is -1.82. The number of rotatable bonds is 5. The van der Waals surface area contributed by atoms with Gasteiger partial charge in [-0.05, 0) is 39.0 Å². The van der Waals surface area contributed by atoms with Gasteiger partial charge in [0.1, 0.15) is 17.2 Å². The van der Waals surface area contributed by atoms with E-state index in [2.05, 4.69) is 5.32 Å². The van der Waals surface area contributed by atoms with Gasteiger partial charge >= 0.3 is 6.03 Å². The normalized spacial score (nSPS) is 21.6. The van der Waals surface area contributed by atoms with E-state index in [4.69, 9.17) is 4.74 Å². The van der Waals surface area contributed by atoms with E-state index in [9.17, 15) is 18.4 Å². The minimum Gasteiger partial charge on any atom is -0.377 e. The van der Waals surface area contributed by atoms with Crippen molar-refractivity contribution in [2.24, 2.45) is 0 Å². The summed E-state index contributed by atoms with van der Waals surface area (Å²) >= 11 is 0. The number of amides is 3. The SMILES string of the molecule is CC(C)OCCN1C(=O)N[C@@](C)(c2cc(F)ccc2F)C1=O. The minimum atomic E-state index is -1.62. The fourth-order valence-electron chi connectivity index (χ4n) is 2.34. The molecular weight excluding hydrogens is 294 g/mol. The fourth-order valence-corrected chi connectivity index (χ4v) is 2.34. The third kappa shape index (κ3) is 2.94. The molecule has 1 saturated heterocycles. The molecule has 22 heavy (non-hydrogen) atoms. The van der Waals surface area contributed by atoms with Crippen molar-refractivity contribution in [3.05, 3.63) is 35.4 Å². The van der Waals surface area contributed by atoms with Crippen LogP contribution in [0.3, 0.4) is 0 Å². The largest absolute Gasteiger partial charge is 0.377 e. The summed E-state index contributed by atoms with van der Waals surface area (Å²) < 4.78 is 32.6. The van der Waals surface area contributed by atoms with Crippen LogP contribution in [0.4, 0.5) is 13.6 Å². The summed E-state index contributed by atoms with van der Waals surface area (Å²) in [6.45, 7) is 5.25. The molecule has 1 aromatic rings. The molecule has 0 radical (unpaired) electrons. The Balaban J connectivity index is 2.24. The fraction of sp³-hybridized carbons (Fsp3) is 0.467. The van der Waals surface area contributed by atoms with E-state index in [0.29, 0.717) is 0 Å². The second-order valence-corrected chi connectivity index (χ2v) is 5.56. The van der Waals surface area contributed by atoms with E-state index < -0.39 is 29.1 Å². The Hall–Kier alpha value is -2.02. The predicted octanol–water partition coefficient (Wildman–Crippen LogP) is 2.16. The Bertz CT molecular complexity index is 606. The Morgan fingerprint density at radius 1 is 1.32 bits per heavy atom. The van der Waals surface area contributed by atoms with Crippen molar-refractivity contribution in [3.8, 4) is 0 Å². The zero-order valence-electron chi connectivity index (χ0n) is 12.7. The van der Waals surface area contributed by atoms with Crippen molar-refractivity contribution in [3.63, 3.8) is 0 Å². The molecule has 0 aromatic heterocycles. The zero-order chi connectivity index (χ0) is 16.5. The third-order valence-corrected chi connectivity index (χ3v) is 3.51. The lowest BCUT2D eigenvalue weighted by molar-refractivity contribution is -0.131. The van der Waals surface area contributed by atoms with Crippen LogP contribution in [0.1, 0.15) is 26.3 Å². The van der Waals surface area contributed by atoms with Gasteiger partial charge in [-0.2, -0.15) is 0 Å². The van der Waals surface area contributed by atoms with Crippen LogP contribution in [-0.4, -0.2) is 36.1 Å². The van der Waals surface area contributed by atoms with Crippen LogP contribution in [0, 0.1) is 11.6 Å². The van der Waals surface area contributed by atoms with Gasteiger partial charge in [-0.3, -0.25) is 9.69 Å². The highest BCUT2D eigenvalue weighted by molar-refractivity contribution is 6.07. The van der Waals surface area contributed by atoms with Gasteiger partial charge in [0.15, 0.2) is 0 Å². The first kappa shape index (κ1) is 16.4. The lowest BCUT2D eigenvalue weighted by Gasteiger charge is -2.23. The van der Waals surface area contributed by atoms with Crippen molar-refractivity contribution < 1.29 is 23.1 Å². The zero-order valence-corrected chi connectivity index (χ0v) is 12.7. The van der Waals surface area contributed by atoms with Gasteiger partial charge in [0.25, 0.3) is 5.91 Å². The van der Waals surface area contributed by atoms with Crippen LogP contribution in [0.2, 0.25) is 0 Å². The smallest absolute Gasteiger partial charge is 0.325 e. The molecule has 5 nitrogen and oxygen atoms in total. The predicted molar refractivity (Wildman–Crippen MR) is 75.0 cm³/mol. The van der Waals surface area contributed by atoms with E-state index in [-0.39, 0.29) is 24.8 Å². The second kappa shape index (κ2) is 6.00. The third-order valence-electron chi connectivity index (χ3n) is 3.51. The van der Waals surface area contributed by atoms with E-state index >= 15 is 0 Å². The maximum atomic E-state index is 13.9. The Morgan fingerprint density at radius 3 is 2.64 bits per heavy atom. The minimum absolute atomic E-state index is 0.0344. The maximum Gasteiger partial charge on any atom is 0.325 e. The molecule has 120 valence electrons. The Labute approximate surface area is 127 Å². The second-order valence-electron chi connectivity index (χ2n) is 5.56. The Morgan fingerprint density at radius 2 is 2.00 bits per heavy atom. The summed E-state index contributed by atoms with van der Waals surface area (Å²) in [5, 5.41) is 2.43. The molecule has 0 aliphatic carbocycles. The summed E-state index contributed by atoms with van der Waals surface area (Å²) in [6.07, 6.45) is -0.0344. The molecule has 1 aliphatic heterocycles. The number of nitrogens with zero attached hydrogens (tertiary/aromatic N) is 1. The molecule has 1 atom stereocenters. The van der Waals surface area contributed by atoms with Gasteiger partial charge in [0.2, 0.25) is 0 Å². The van der Waals surface area contributed by atoms with Crippen LogP contribution in [0.15, 0.2) is 18.2 Å². The van der Waals surface area contributed by atoms with Crippen LogP contribution >= 0.6 is 0 Å². The molecule has 2 rings (SSSR count). The van der Waals surface area contributed by atoms with E-state index in [1.807, 2.05) is 13.8 Å². The van der Waals surface area contributed by atoms with Crippen molar-refractivity contribution in [2.45, 2.75) is 32.4 Å². The highest BCUT2D eigenvalue weighted by Gasteiger charge is 2.50. The van der Waals surface area contributed by atoms with Crippen molar-refractivity contribution in [2.75, 3.05) is 13.2 Å².